The fourth-order valence-electron chi connectivity index (χ4n) is 5.57. The van der Waals surface area contributed by atoms with E-state index >= 15 is 0 Å². The Kier molecular flexibility index (Phi) is 9.85. The van der Waals surface area contributed by atoms with Gasteiger partial charge in [0.25, 0.3) is 0 Å². The maximum atomic E-state index is 12.8. The van der Waals surface area contributed by atoms with Gasteiger partial charge < -0.3 is 20.5 Å². The number of carbonyl (C=O) groups excluding carboxylic acids is 1. The van der Waals surface area contributed by atoms with Crippen LogP contribution in [0.4, 0.5) is 9.59 Å². The molecule has 0 heterocycles. The van der Waals surface area contributed by atoms with Crippen LogP contribution in [0.1, 0.15) is 91.9 Å². The Balaban J connectivity index is 2.11. The van der Waals surface area contributed by atoms with E-state index < -0.39 is 12.2 Å². The molecule has 0 aromatic heterocycles. The molecule has 180 valence electrons. The number of hydrogen-bond donors (Lipinski definition) is 3. The average molecular weight is 447 g/mol. The Morgan fingerprint density at radius 1 is 1.06 bits per heavy atom. The summed E-state index contributed by atoms with van der Waals surface area (Å²) in [5, 5.41) is 15.2. The molecule has 0 aliphatic heterocycles. The summed E-state index contributed by atoms with van der Waals surface area (Å²) in [4.78, 5) is 24.1. The van der Waals surface area contributed by atoms with Gasteiger partial charge in [0.2, 0.25) is 0 Å². The molecule has 2 amide bonds. The van der Waals surface area contributed by atoms with E-state index in [1.165, 1.54) is 25.7 Å². The second-order valence-corrected chi connectivity index (χ2v) is 10.5. The van der Waals surface area contributed by atoms with Crippen molar-refractivity contribution in [2.45, 2.75) is 104 Å². The number of ether oxygens (including phenoxy) is 1. The molecule has 3 N–H and O–H groups in total. The molecule has 2 rings (SSSR count). The van der Waals surface area contributed by atoms with Crippen molar-refractivity contribution in [2.75, 3.05) is 0 Å². The van der Waals surface area contributed by atoms with Crippen LogP contribution in [0, 0.1) is 10.8 Å². The summed E-state index contributed by atoms with van der Waals surface area (Å²) in [5.74, 6) is 0.517. The highest BCUT2D eigenvalue weighted by molar-refractivity contribution is 5.70. The Hall–Kier alpha value is -2.24. The third-order valence-corrected chi connectivity index (χ3v) is 6.66. The monoisotopic (exact) mass is 446 g/mol. The lowest BCUT2D eigenvalue weighted by molar-refractivity contribution is 0.0362. The first-order valence-corrected chi connectivity index (χ1v) is 12.2. The van der Waals surface area contributed by atoms with Crippen LogP contribution >= 0.6 is 0 Å². The number of amides is 2. The van der Waals surface area contributed by atoms with Crippen LogP contribution in [0.25, 0.3) is 0 Å². The summed E-state index contributed by atoms with van der Waals surface area (Å²) in [5.41, 5.74) is -0.251. The van der Waals surface area contributed by atoms with Crippen LogP contribution in [-0.4, -0.2) is 29.4 Å². The normalized spacial score (nSPS) is 23.2. The molecule has 0 radical (unpaired) electrons. The fourth-order valence-corrected chi connectivity index (χ4v) is 5.57. The Morgan fingerprint density at radius 3 is 2.38 bits per heavy atom. The predicted octanol–water partition coefficient (Wildman–Crippen LogP) is 6.75. The van der Waals surface area contributed by atoms with Crippen molar-refractivity contribution in [3.8, 4) is 5.75 Å². The Bertz CT molecular complexity index is 722. The van der Waals surface area contributed by atoms with Gasteiger partial charge in [0.05, 0.1) is 0 Å². The second kappa shape index (κ2) is 12.1. The van der Waals surface area contributed by atoms with Crippen LogP contribution in [0.3, 0.4) is 0 Å². The van der Waals surface area contributed by atoms with Gasteiger partial charge in [-0.15, -0.1) is 0 Å². The molecule has 1 aromatic carbocycles. The smallest absolute Gasteiger partial charge is 0.412 e. The van der Waals surface area contributed by atoms with Gasteiger partial charge in [-0.3, -0.25) is 0 Å². The highest BCUT2D eigenvalue weighted by Gasteiger charge is 2.46. The van der Waals surface area contributed by atoms with Crippen LogP contribution in [0.15, 0.2) is 30.3 Å². The highest BCUT2D eigenvalue weighted by Crippen LogP contribution is 2.49. The van der Waals surface area contributed by atoms with Crippen LogP contribution in [0.5, 0.6) is 5.75 Å². The maximum Gasteiger partial charge on any atom is 0.412 e. The summed E-state index contributed by atoms with van der Waals surface area (Å²) in [6, 6.07) is 8.88. The van der Waals surface area contributed by atoms with Gasteiger partial charge in [-0.05, 0) is 48.6 Å². The standard InChI is InChI=1S/C26H42N2O4/c1-5-6-7-8-9-13-16-22(28-24(31)32-21-14-11-10-12-15-21)26(4)18-20(27-23(29)30)17-25(2,3)19-26/h10-12,14-15,20,22,27H,5-9,13,16-19H2,1-4H3,(H,28,31)(H,29,30). The van der Waals surface area contributed by atoms with E-state index in [0.29, 0.717) is 12.2 Å². The second-order valence-electron chi connectivity index (χ2n) is 10.5. The molecule has 1 aliphatic carbocycles. The zero-order valence-electron chi connectivity index (χ0n) is 20.3. The van der Waals surface area contributed by atoms with Crippen molar-refractivity contribution in [1.82, 2.24) is 10.6 Å². The van der Waals surface area contributed by atoms with E-state index in [4.69, 9.17) is 4.74 Å². The average Bonchev–Trinajstić information content (AvgIpc) is 2.68. The lowest BCUT2D eigenvalue weighted by atomic mass is 9.59. The number of rotatable bonds is 11. The fraction of sp³-hybridized carbons (Fsp3) is 0.692. The summed E-state index contributed by atoms with van der Waals surface area (Å²) >= 11 is 0. The van der Waals surface area contributed by atoms with Crippen molar-refractivity contribution < 1.29 is 19.4 Å². The molecule has 1 fully saturated rings. The molecule has 0 saturated heterocycles. The largest absolute Gasteiger partial charge is 0.465 e. The third kappa shape index (κ3) is 8.71. The van der Waals surface area contributed by atoms with Crippen molar-refractivity contribution in [1.29, 1.82) is 0 Å². The molecule has 32 heavy (non-hydrogen) atoms. The molecule has 1 saturated carbocycles. The van der Waals surface area contributed by atoms with Gasteiger partial charge in [-0.25, -0.2) is 9.59 Å². The number of para-hydroxylation sites is 1. The molecule has 6 heteroatoms. The molecule has 0 bridgehead atoms. The van der Waals surface area contributed by atoms with Crippen LogP contribution in [0.2, 0.25) is 0 Å². The zero-order valence-corrected chi connectivity index (χ0v) is 20.3. The highest BCUT2D eigenvalue weighted by atomic mass is 16.6. The van der Waals surface area contributed by atoms with Gasteiger partial charge in [0.15, 0.2) is 0 Å². The molecule has 1 aliphatic rings. The first-order valence-electron chi connectivity index (χ1n) is 12.2. The first-order chi connectivity index (χ1) is 15.1. The van der Waals surface area contributed by atoms with Gasteiger partial charge in [-0.1, -0.05) is 84.4 Å². The lowest BCUT2D eigenvalue weighted by Gasteiger charge is -2.50. The lowest BCUT2D eigenvalue weighted by Crippen LogP contribution is -2.55. The van der Waals surface area contributed by atoms with E-state index in [9.17, 15) is 14.7 Å². The molecule has 6 nitrogen and oxygen atoms in total. The van der Waals surface area contributed by atoms with Gasteiger partial charge in [0.1, 0.15) is 5.75 Å². The molecule has 3 atom stereocenters. The number of benzene rings is 1. The summed E-state index contributed by atoms with van der Waals surface area (Å²) in [7, 11) is 0. The van der Waals surface area contributed by atoms with E-state index in [-0.39, 0.29) is 22.9 Å². The van der Waals surface area contributed by atoms with Crippen molar-refractivity contribution in [2.24, 2.45) is 10.8 Å². The van der Waals surface area contributed by atoms with Crippen molar-refractivity contribution >= 4 is 12.2 Å². The first kappa shape index (κ1) is 26.0. The van der Waals surface area contributed by atoms with Crippen LogP contribution < -0.4 is 15.4 Å². The number of carbonyl (C=O) groups is 2. The predicted molar refractivity (Wildman–Crippen MR) is 128 cm³/mol. The Morgan fingerprint density at radius 2 is 1.72 bits per heavy atom. The topological polar surface area (TPSA) is 87.7 Å². The number of unbranched alkanes of at least 4 members (excludes halogenated alkanes) is 5. The van der Waals surface area contributed by atoms with E-state index in [0.717, 1.165) is 32.1 Å². The maximum absolute atomic E-state index is 12.8. The van der Waals surface area contributed by atoms with Crippen molar-refractivity contribution in [3.05, 3.63) is 30.3 Å². The Labute approximate surface area is 193 Å². The summed E-state index contributed by atoms with van der Waals surface area (Å²) in [6.45, 7) is 8.77. The minimum atomic E-state index is -0.987. The molecule has 3 unspecified atom stereocenters. The number of carboxylic acid groups (broad SMARTS) is 1. The summed E-state index contributed by atoms with van der Waals surface area (Å²) in [6.07, 6.45) is 8.97. The zero-order chi connectivity index (χ0) is 23.6. The third-order valence-electron chi connectivity index (χ3n) is 6.66. The van der Waals surface area contributed by atoms with E-state index in [2.05, 4.69) is 38.3 Å². The van der Waals surface area contributed by atoms with Gasteiger partial charge in [-0.2, -0.15) is 0 Å². The minimum Gasteiger partial charge on any atom is -0.465 e. The van der Waals surface area contributed by atoms with Crippen LogP contribution in [-0.2, 0) is 0 Å². The minimum absolute atomic E-state index is 0.0233. The molecule has 0 spiro atoms. The molecule has 1 aromatic rings. The SMILES string of the molecule is CCCCCCCCC(NC(=O)Oc1ccccc1)C1(C)CC(NC(=O)O)CC(C)(C)C1. The van der Waals surface area contributed by atoms with Gasteiger partial charge in [0, 0.05) is 12.1 Å². The van der Waals surface area contributed by atoms with Crippen molar-refractivity contribution in [3.63, 3.8) is 0 Å². The molecular formula is C26H42N2O4. The number of nitrogens with one attached hydrogen (secondary N) is 2. The molecular weight excluding hydrogens is 404 g/mol. The quantitative estimate of drug-likeness (QED) is 0.328. The summed E-state index contributed by atoms with van der Waals surface area (Å²) < 4.78 is 5.52. The van der Waals surface area contributed by atoms with E-state index in [1.54, 1.807) is 12.1 Å². The van der Waals surface area contributed by atoms with Gasteiger partial charge >= 0.3 is 12.2 Å². The van der Waals surface area contributed by atoms with E-state index in [1.807, 2.05) is 18.2 Å². The number of hydrogen-bond acceptors (Lipinski definition) is 3.